The highest BCUT2D eigenvalue weighted by Crippen LogP contribution is 2.33. The molecule has 0 bridgehead atoms. The van der Waals surface area contributed by atoms with Gasteiger partial charge in [0.15, 0.2) is 0 Å². The Kier molecular flexibility index (Phi) is 5.36. The lowest BCUT2D eigenvalue weighted by molar-refractivity contribution is 0.0926. The predicted octanol–water partition coefficient (Wildman–Crippen LogP) is 3.64. The first-order chi connectivity index (χ1) is 12.8. The summed E-state index contributed by atoms with van der Waals surface area (Å²) in [5.74, 6) is -0.125. The Morgan fingerprint density at radius 2 is 2.11 bits per heavy atom. The van der Waals surface area contributed by atoms with E-state index in [-0.39, 0.29) is 17.4 Å². The Morgan fingerprint density at radius 3 is 2.70 bits per heavy atom. The number of thiophene rings is 1. The summed E-state index contributed by atoms with van der Waals surface area (Å²) in [6, 6.07) is 3.76. The average molecular weight is 385 g/mol. The van der Waals surface area contributed by atoms with Crippen LogP contribution in [0.1, 0.15) is 59.6 Å². The molecule has 3 rings (SSSR count). The second-order valence-corrected chi connectivity index (χ2v) is 9.00. The summed E-state index contributed by atoms with van der Waals surface area (Å²) in [7, 11) is 0. The third-order valence-corrected chi connectivity index (χ3v) is 5.56. The minimum atomic E-state index is -0.132. The number of tetrazole rings is 1. The number of amides is 1. The van der Waals surface area contributed by atoms with Gasteiger partial charge in [0.2, 0.25) is 0 Å². The van der Waals surface area contributed by atoms with Crippen LogP contribution in [0.5, 0.6) is 0 Å². The van der Waals surface area contributed by atoms with Gasteiger partial charge in [0.05, 0.1) is 11.6 Å². The number of carbonyl (C=O) groups excluding carboxylic acids is 1. The fourth-order valence-corrected chi connectivity index (χ4v) is 4.04. The maximum atomic E-state index is 13.3. The highest BCUT2D eigenvalue weighted by atomic mass is 32.1. The SMILES string of the molecule is Cc1sc(-n2cnnn2)c(C(=O)NC(CC(C)(C)C)c2cccnc2)c1C. The Bertz CT molecular complexity index is 912. The molecule has 8 heteroatoms. The minimum Gasteiger partial charge on any atom is -0.345 e. The van der Waals surface area contributed by atoms with E-state index < -0.39 is 0 Å². The summed E-state index contributed by atoms with van der Waals surface area (Å²) in [5, 5.41) is 15.3. The van der Waals surface area contributed by atoms with Crippen molar-refractivity contribution in [3.63, 3.8) is 0 Å². The van der Waals surface area contributed by atoms with Gasteiger partial charge in [0, 0.05) is 17.3 Å². The van der Waals surface area contributed by atoms with Gasteiger partial charge in [0.25, 0.3) is 5.91 Å². The first-order valence-electron chi connectivity index (χ1n) is 8.80. The maximum Gasteiger partial charge on any atom is 0.255 e. The van der Waals surface area contributed by atoms with E-state index in [1.807, 2.05) is 32.2 Å². The van der Waals surface area contributed by atoms with Gasteiger partial charge in [-0.3, -0.25) is 9.78 Å². The van der Waals surface area contributed by atoms with Crippen molar-refractivity contribution < 1.29 is 4.79 Å². The first kappa shape index (κ1) is 19.2. The molecule has 27 heavy (non-hydrogen) atoms. The van der Waals surface area contributed by atoms with Crippen molar-refractivity contribution >= 4 is 17.2 Å². The van der Waals surface area contributed by atoms with E-state index in [0.29, 0.717) is 5.56 Å². The normalized spacial score (nSPS) is 12.8. The molecule has 0 aromatic carbocycles. The maximum absolute atomic E-state index is 13.3. The minimum absolute atomic E-state index is 0.0477. The van der Waals surface area contributed by atoms with Crippen LogP contribution in [0.2, 0.25) is 0 Å². The molecule has 1 amide bonds. The zero-order chi connectivity index (χ0) is 19.6. The van der Waals surface area contributed by atoms with E-state index in [2.05, 4.69) is 46.6 Å². The van der Waals surface area contributed by atoms with Crippen molar-refractivity contribution in [3.8, 4) is 5.00 Å². The van der Waals surface area contributed by atoms with Gasteiger partial charge in [-0.15, -0.1) is 16.4 Å². The molecular weight excluding hydrogens is 360 g/mol. The monoisotopic (exact) mass is 384 g/mol. The number of nitrogens with one attached hydrogen (secondary N) is 1. The predicted molar refractivity (Wildman–Crippen MR) is 105 cm³/mol. The number of hydrogen-bond donors (Lipinski definition) is 1. The molecule has 7 nitrogen and oxygen atoms in total. The summed E-state index contributed by atoms with van der Waals surface area (Å²) >= 11 is 1.51. The van der Waals surface area contributed by atoms with Crippen LogP contribution in [0.25, 0.3) is 5.00 Å². The molecule has 0 saturated carbocycles. The van der Waals surface area contributed by atoms with E-state index >= 15 is 0 Å². The van der Waals surface area contributed by atoms with Crippen LogP contribution in [0.3, 0.4) is 0 Å². The topological polar surface area (TPSA) is 85.6 Å². The number of carbonyl (C=O) groups is 1. The fraction of sp³-hybridized carbons (Fsp3) is 0.421. The molecule has 3 aromatic rings. The van der Waals surface area contributed by atoms with Crippen LogP contribution in [0.15, 0.2) is 30.9 Å². The molecule has 1 N–H and O–H groups in total. The van der Waals surface area contributed by atoms with Crippen molar-refractivity contribution in [3.05, 3.63) is 52.4 Å². The Morgan fingerprint density at radius 1 is 1.33 bits per heavy atom. The van der Waals surface area contributed by atoms with E-state index in [1.165, 1.54) is 17.7 Å². The quantitative estimate of drug-likeness (QED) is 0.726. The van der Waals surface area contributed by atoms with Crippen molar-refractivity contribution in [2.75, 3.05) is 0 Å². The highest BCUT2D eigenvalue weighted by Gasteiger charge is 2.27. The van der Waals surface area contributed by atoms with Crippen LogP contribution in [-0.2, 0) is 0 Å². The number of pyridine rings is 1. The molecule has 3 aromatic heterocycles. The van der Waals surface area contributed by atoms with Crippen molar-refractivity contribution in [1.82, 2.24) is 30.5 Å². The van der Waals surface area contributed by atoms with E-state index in [0.717, 1.165) is 27.4 Å². The molecule has 0 aliphatic carbocycles. The number of hydrogen-bond acceptors (Lipinski definition) is 6. The van der Waals surface area contributed by atoms with Crippen LogP contribution >= 0.6 is 11.3 Å². The molecule has 0 spiro atoms. The van der Waals surface area contributed by atoms with Crippen LogP contribution < -0.4 is 5.32 Å². The van der Waals surface area contributed by atoms with Crippen molar-refractivity contribution in [2.24, 2.45) is 5.41 Å². The number of nitrogens with zero attached hydrogens (tertiary/aromatic N) is 5. The standard InChI is InChI=1S/C19H24N6OS/c1-12-13(2)27-18(25-11-21-23-24-25)16(12)17(26)22-15(9-19(3,4)5)14-7-6-8-20-10-14/h6-8,10-11,15H,9H2,1-5H3,(H,22,26). The lowest BCUT2D eigenvalue weighted by atomic mass is 9.85. The third-order valence-electron chi connectivity index (χ3n) is 4.36. The van der Waals surface area contributed by atoms with Crippen molar-refractivity contribution in [2.45, 2.75) is 47.1 Å². The second kappa shape index (κ2) is 7.56. The van der Waals surface area contributed by atoms with Gasteiger partial charge in [-0.1, -0.05) is 26.8 Å². The Hall–Kier alpha value is -2.61. The zero-order valence-electron chi connectivity index (χ0n) is 16.2. The first-order valence-corrected chi connectivity index (χ1v) is 9.62. The smallest absolute Gasteiger partial charge is 0.255 e. The number of aromatic nitrogens is 5. The zero-order valence-corrected chi connectivity index (χ0v) is 17.0. The second-order valence-electron chi connectivity index (χ2n) is 7.79. The lowest BCUT2D eigenvalue weighted by Crippen LogP contribution is -2.32. The fourth-order valence-electron chi connectivity index (χ4n) is 2.97. The van der Waals surface area contributed by atoms with E-state index in [9.17, 15) is 4.79 Å². The number of rotatable bonds is 5. The summed E-state index contributed by atoms with van der Waals surface area (Å²) in [6.45, 7) is 10.4. The molecule has 1 unspecified atom stereocenters. The molecule has 0 saturated heterocycles. The van der Waals surface area contributed by atoms with Gasteiger partial charge < -0.3 is 5.32 Å². The molecule has 0 radical (unpaired) electrons. The largest absolute Gasteiger partial charge is 0.345 e. The molecular formula is C19H24N6OS. The Balaban J connectivity index is 1.95. The molecule has 3 heterocycles. The summed E-state index contributed by atoms with van der Waals surface area (Å²) in [4.78, 5) is 18.5. The van der Waals surface area contributed by atoms with Gasteiger partial charge in [0.1, 0.15) is 11.3 Å². The molecule has 0 aliphatic rings. The van der Waals surface area contributed by atoms with E-state index in [4.69, 9.17) is 0 Å². The van der Waals surface area contributed by atoms with Crippen LogP contribution in [-0.4, -0.2) is 31.1 Å². The molecule has 142 valence electrons. The summed E-state index contributed by atoms with van der Waals surface area (Å²) < 4.78 is 1.54. The molecule has 0 fully saturated rings. The highest BCUT2D eigenvalue weighted by molar-refractivity contribution is 7.15. The summed E-state index contributed by atoms with van der Waals surface area (Å²) in [6.07, 6.45) is 5.86. The van der Waals surface area contributed by atoms with E-state index in [1.54, 1.807) is 10.9 Å². The Labute approximate surface area is 162 Å². The lowest BCUT2D eigenvalue weighted by Gasteiger charge is -2.27. The van der Waals surface area contributed by atoms with Crippen molar-refractivity contribution in [1.29, 1.82) is 0 Å². The van der Waals surface area contributed by atoms with Crippen LogP contribution in [0.4, 0.5) is 0 Å². The average Bonchev–Trinajstić information content (AvgIpc) is 3.23. The molecule has 1 atom stereocenters. The summed E-state index contributed by atoms with van der Waals surface area (Å²) in [5.41, 5.74) is 2.61. The van der Waals surface area contributed by atoms with Gasteiger partial charge in [-0.2, -0.15) is 4.68 Å². The molecule has 0 aliphatic heterocycles. The van der Waals surface area contributed by atoms with Gasteiger partial charge >= 0.3 is 0 Å². The third kappa shape index (κ3) is 4.39. The van der Waals surface area contributed by atoms with Gasteiger partial charge in [-0.05, 0) is 53.3 Å². The van der Waals surface area contributed by atoms with Crippen LogP contribution in [0, 0.1) is 19.3 Å². The number of aryl methyl sites for hydroxylation is 1. The van der Waals surface area contributed by atoms with Gasteiger partial charge in [-0.25, -0.2) is 0 Å².